The van der Waals surface area contributed by atoms with Crippen molar-refractivity contribution in [3.05, 3.63) is 58.1 Å². The molecular weight excluding hydrogens is 445 g/mol. The highest BCUT2D eigenvalue weighted by Crippen LogP contribution is 2.29. The molecule has 0 heterocycles. The molecule has 0 saturated heterocycles. The van der Waals surface area contributed by atoms with Crippen LogP contribution < -0.4 is 15.6 Å². The van der Waals surface area contributed by atoms with Gasteiger partial charge in [-0.15, -0.1) is 11.8 Å². The number of thioether (sulfide) groups is 1. The predicted octanol–water partition coefficient (Wildman–Crippen LogP) is 2.84. The van der Waals surface area contributed by atoms with E-state index in [9.17, 15) is 18.0 Å². The fourth-order valence-electron chi connectivity index (χ4n) is 2.02. The van der Waals surface area contributed by atoms with E-state index in [1.807, 2.05) is 0 Å². The second kappa shape index (κ2) is 10.1. The Labute approximate surface area is 177 Å². The van der Waals surface area contributed by atoms with Crippen LogP contribution in [0.2, 0.25) is 10.0 Å². The van der Waals surface area contributed by atoms with Gasteiger partial charge in [-0.25, -0.2) is 13.1 Å². The third-order valence-electron chi connectivity index (χ3n) is 3.33. The van der Waals surface area contributed by atoms with Crippen molar-refractivity contribution in [3.8, 4) is 0 Å². The highest BCUT2D eigenvalue weighted by atomic mass is 35.5. The summed E-state index contributed by atoms with van der Waals surface area (Å²) >= 11 is 13.1. The predicted molar refractivity (Wildman–Crippen MR) is 110 cm³/mol. The van der Waals surface area contributed by atoms with Crippen molar-refractivity contribution in [1.29, 1.82) is 0 Å². The van der Waals surface area contributed by atoms with Gasteiger partial charge in [0, 0.05) is 22.0 Å². The zero-order valence-corrected chi connectivity index (χ0v) is 17.8. The molecule has 0 fully saturated rings. The van der Waals surface area contributed by atoms with Crippen molar-refractivity contribution in [1.82, 2.24) is 15.6 Å². The molecule has 0 spiro atoms. The van der Waals surface area contributed by atoms with Crippen LogP contribution in [0.1, 0.15) is 17.3 Å². The lowest BCUT2D eigenvalue weighted by Crippen LogP contribution is -2.42. The van der Waals surface area contributed by atoms with E-state index in [1.54, 1.807) is 25.1 Å². The van der Waals surface area contributed by atoms with Gasteiger partial charge in [-0.05, 0) is 42.5 Å². The quantitative estimate of drug-likeness (QED) is 0.434. The summed E-state index contributed by atoms with van der Waals surface area (Å²) in [6.45, 7) is 1.93. The molecule has 28 heavy (non-hydrogen) atoms. The summed E-state index contributed by atoms with van der Waals surface area (Å²) in [5.74, 6) is -1.01. The number of amides is 2. The lowest BCUT2D eigenvalue weighted by Gasteiger charge is -2.09. The van der Waals surface area contributed by atoms with E-state index in [2.05, 4.69) is 15.6 Å². The smallest absolute Gasteiger partial charge is 0.269 e. The first kappa shape index (κ1) is 22.5. The van der Waals surface area contributed by atoms with Crippen LogP contribution in [0.25, 0.3) is 0 Å². The minimum absolute atomic E-state index is 0.0141. The van der Waals surface area contributed by atoms with E-state index in [4.69, 9.17) is 23.2 Å². The van der Waals surface area contributed by atoms with E-state index in [1.165, 1.54) is 36.0 Å². The highest BCUT2D eigenvalue weighted by molar-refractivity contribution is 8.00. The van der Waals surface area contributed by atoms with Crippen LogP contribution in [0.5, 0.6) is 0 Å². The number of nitrogens with one attached hydrogen (secondary N) is 3. The lowest BCUT2D eigenvalue weighted by atomic mass is 10.2. The summed E-state index contributed by atoms with van der Waals surface area (Å²) in [4.78, 5) is 24.7. The molecule has 150 valence electrons. The maximum Gasteiger partial charge on any atom is 0.269 e. The van der Waals surface area contributed by atoms with Crippen molar-refractivity contribution < 1.29 is 18.0 Å². The van der Waals surface area contributed by atoms with Crippen LogP contribution >= 0.6 is 35.0 Å². The lowest BCUT2D eigenvalue weighted by molar-refractivity contribution is -0.119. The van der Waals surface area contributed by atoms with Gasteiger partial charge in [0.2, 0.25) is 15.9 Å². The molecule has 0 aromatic heterocycles. The molecule has 0 unspecified atom stereocenters. The molecule has 2 aromatic rings. The zero-order chi connectivity index (χ0) is 20.7. The SMILES string of the molecule is CCNS(=O)(=O)c1ccc(C(=O)NNC(=O)CSc2cc(Cl)ccc2Cl)cc1. The first-order chi connectivity index (χ1) is 13.2. The Morgan fingerprint density at radius 3 is 2.36 bits per heavy atom. The molecular formula is C17H17Cl2N3O4S2. The molecule has 0 radical (unpaired) electrons. The molecule has 7 nitrogen and oxygen atoms in total. The van der Waals surface area contributed by atoms with Crippen LogP contribution in [0.3, 0.4) is 0 Å². The second-order valence-corrected chi connectivity index (χ2v) is 9.02. The maximum atomic E-state index is 12.1. The van der Waals surface area contributed by atoms with Gasteiger partial charge >= 0.3 is 0 Å². The minimum Gasteiger partial charge on any atom is -0.272 e. The Bertz CT molecular complexity index is 967. The molecule has 0 bridgehead atoms. The summed E-state index contributed by atoms with van der Waals surface area (Å²) < 4.78 is 26.1. The monoisotopic (exact) mass is 461 g/mol. The van der Waals surface area contributed by atoms with Gasteiger partial charge in [-0.3, -0.25) is 20.4 Å². The summed E-state index contributed by atoms with van der Waals surface area (Å²) in [5.41, 5.74) is 4.75. The molecule has 0 aliphatic heterocycles. The first-order valence-electron chi connectivity index (χ1n) is 7.99. The molecule has 11 heteroatoms. The van der Waals surface area contributed by atoms with E-state index >= 15 is 0 Å². The Kier molecular flexibility index (Phi) is 8.14. The topological polar surface area (TPSA) is 104 Å². The number of hydrogen-bond acceptors (Lipinski definition) is 5. The number of halogens is 2. The third-order valence-corrected chi connectivity index (χ3v) is 6.62. The van der Waals surface area contributed by atoms with Gasteiger partial charge in [0.15, 0.2) is 0 Å². The van der Waals surface area contributed by atoms with Crippen molar-refractivity contribution in [2.24, 2.45) is 0 Å². The van der Waals surface area contributed by atoms with E-state index in [-0.39, 0.29) is 22.8 Å². The zero-order valence-electron chi connectivity index (χ0n) is 14.7. The highest BCUT2D eigenvalue weighted by Gasteiger charge is 2.14. The van der Waals surface area contributed by atoms with Crippen molar-refractivity contribution in [2.75, 3.05) is 12.3 Å². The summed E-state index contributed by atoms with van der Waals surface area (Å²) in [5, 5.41) is 0.971. The Hall–Kier alpha value is -1.78. The largest absolute Gasteiger partial charge is 0.272 e. The summed E-state index contributed by atoms with van der Waals surface area (Å²) in [6.07, 6.45) is 0. The fraction of sp³-hybridized carbons (Fsp3) is 0.176. The minimum atomic E-state index is -3.59. The molecule has 2 aromatic carbocycles. The number of carbonyl (C=O) groups excluding carboxylic acids is 2. The van der Waals surface area contributed by atoms with Crippen LogP contribution in [0.15, 0.2) is 52.3 Å². The molecule has 0 aliphatic carbocycles. The van der Waals surface area contributed by atoms with Crippen LogP contribution in [0.4, 0.5) is 0 Å². The Morgan fingerprint density at radius 2 is 1.71 bits per heavy atom. The van der Waals surface area contributed by atoms with E-state index in [0.717, 1.165) is 0 Å². The molecule has 0 aliphatic rings. The van der Waals surface area contributed by atoms with Gasteiger partial charge in [0.25, 0.3) is 5.91 Å². The van der Waals surface area contributed by atoms with E-state index in [0.29, 0.717) is 14.9 Å². The van der Waals surface area contributed by atoms with Crippen molar-refractivity contribution in [2.45, 2.75) is 16.7 Å². The molecule has 0 saturated carbocycles. The Balaban J connectivity index is 1.87. The van der Waals surface area contributed by atoms with Gasteiger partial charge in [0.1, 0.15) is 0 Å². The van der Waals surface area contributed by atoms with Crippen LogP contribution in [0, 0.1) is 0 Å². The van der Waals surface area contributed by atoms with Crippen LogP contribution in [-0.4, -0.2) is 32.5 Å². The van der Waals surface area contributed by atoms with E-state index < -0.39 is 21.8 Å². The van der Waals surface area contributed by atoms with Gasteiger partial charge in [-0.1, -0.05) is 30.1 Å². The maximum absolute atomic E-state index is 12.1. The molecule has 2 amide bonds. The average Bonchev–Trinajstić information content (AvgIpc) is 2.67. The van der Waals surface area contributed by atoms with Crippen molar-refractivity contribution in [3.63, 3.8) is 0 Å². The number of carbonyl (C=O) groups is 2. The third kappa shape index (κ3) is 6.39. The Morgan fingerprint density at radius 1 is 1.04 bits per heavy atom. The van der Waals surface area contributed by atoms with Gasteiger partial charge in [0.05, 0.1) is 15.7 Å². The van der Waals surface area contributed by atoms with Gasteiger partial charge in [-0.2, -0.15) is 0 Å². The van der Waals surface area contributed by atoms with Crippen LogP contribution in [-0.2, 0) is 14.8 Å². The number of benzene rings is 2. The fourth-order valence-corrected chi connectivity index (χ4v) is 4.36. The molecule has 2 rings (SSSR count). The number of hydrazine groups is 1. The molecule has 3 N–H and O–H groups in total. The van der Waals surface area contributed by atoms with Crippen molar-refractivity contribution >= 4 is 56.8 Å². The standard InChI is InChI=1S/C17H17Cl2N3O4S2/c1-2-20-28(25,26)13-6-3-11(4-7-13)17(24)22-21-16(23)10-27-15-9-12(18)5-8-14(15)19/h3-9,20H,2,10H2,1H3,(H,21,23)(H,22,24). The normalized spacial score (nSPS) is 11.1. The van der Waals surface area contributed by atoms with Gasteiger partial charge < -0.3 is 0 Å². The molecule has 0 atom stereocenters. The first-order valence-corrected chi connectivity index (χ1v) is 11.2. The number of sulfonamides is 1. The summed E-state index contributed by atoms with van der Waals surface area (Å²) in [6, 6.07) is 10.2. The second-order valence-electron chi connectivity index (χ2n) is 5.39. The summed E-state index contributed by atoms with van der Waals surface area (Å²) in [7, 11) is -3.59. The average molecular weight is 462 g/mol. The number of hydrogen-bond donors (Lipinski definition) is 3. The number of rotatable bonds is 7.